The van der Waals surface area contributed by atoms with Crippen LogP contribution in [0.5, 0.6) is 5.75 Å². The van der Waals surface area contributed by atoms with Gasteiger partial charge in [-0.15, -0.1) is 0 Å². The predicted octanol–water partition coefficient (Wildman–Crippen LogP) is 2.90. The average Bonchev–Trinajstić information content (AvgIpc) is 3.16. The average molecular weight is 435 g/mol. The molecule has 0 aromatic heterocycles. The maximum atomic E-state index is 11.7. The molecule has 0 bridgehead atoms. The number of nitrogens with zero attached hydrogens (tertiary/aromatic N) is 2. The lowest BCUT2D eigenvalue weighted by Crippen LogP contribution is -2.32. The Morgan fingerprint density at radius 1 is 1.16 bits per heavy atom. The molecule has 1 heterocycles. The van der Waals surface area contributed by atoms with E-state index in [9.17, 15) is 4.79 Å². The second kappa shape index (κ2) is 14.6. The van der Waals surface area contributed by atoms with Crippen LogP contribution in [0.1, 0.15) is 39.5 Å². The number of hydrogen-bond acceptors (Lipinski definition) is 5. The summed E-state index contributed by atoms with van der Waals surface area (Å²) in [6.07, 6.45) is 3.51. The highest BCUT2D eigenvalue weighted by molar-refractivity contribution is 5.93. The zero-order valence-electron chi connectivity index (χ0n) is 19.2. The molecule has 0 unspecified atom stereocenters. The summed E-state index contributed by atoms with van der Waals surface area (Å²) in [5.74, 6) is 1.83. The van der Waals surface area contributed by atoms with Crippen molar-refractivity contribution in [3.63, 3.8) is 0 Å². The molecule has 174 valence electrons. The SMILES string of the molecule is COCCOCCCNC(=NCCCN1CCCC1=O)Nc1ccc(OC(C)C)cc1. The fourth-order valence-corrected chi connectivity index (χ4v) is 3.18. The van der Waals surface area contributed by atoms with Crippen LogP contribution in [-0.2, 0) is 14.3 Å². The molecule has 0 atom stereocenters. The summed E-state index contributed by atoms with van der Waals surface area (Å²) in [5.41, 5.74) is 0.938. The Bertz CT molecular complexity index is 664. The van der Waals surface area contributed by atoms with Crippen molar-refractivity contribution in [3.8, 4) is 5.75 Å². The molecule has 1 saturated heterocycles. The fourth-order valence-electron chi connectivity index (χ4n) is 3.18. The van der Waals surface area contributed by atoms with Crippen molar-refractivity contribution in [2.45, 2.75) is 45.6 Å². The Balaban J connectivity index is 1.82. The smallest absolute Gasteiger partial charge is 0.222 e. The van der Waals surface area contributed by atoms with Gasteiger partial charge >= 0.3 is 0 Å². The molecule has 2 N–H and O–H groups in total. The van der Waals surface area contributed by atoms with E-state index in [-0.39, 0.29) is 12.0 Å². The quantitative estimate of drug-likeness (QED) is 0.266. The van der Waals surface area contributed by atoms with Crippen LogP contribution < -0.4 is 15.4 Å². The fraction of sp³-hybridized carbons (Fsp3) is 0.652. The maximum Gasteiger partial charge on any atom is 0.222 e. The van der Waals surface area contributed by atoms with Gasteiger partial charge < -0.3 is 29.7 Å². The molecule has 0 spiro atoms. The Labute approximate surface area is 186 Å². The third kappa shape index (κ3) is 10.5. The molecule has 1 aromatic rings. The number of hydrogen-bond donors (Lipinski definition) is 2. The van der Waals surface area contributed by atoms with Gasteiger partial charge in [0.15, 0.2) is 5.96 Å². The van der Waals surface area contributed by atoms with Crippen molar-refractivity contribution >= 4 is 17.6 Å². The number of aliphatic imine (C=N–C) groups is 1. The first-order chi connectivity index (χ1) is 15.1. The summed E-state index contributed by atoms with van der Waals surface area (Å²) in [7, 11) is 1.67. The van der Waals surface area contributed by atoms with Gasteiger partial charge in [-0.1, -0.05) is 0 Å². The van der Waals surface area contributed by atoms with Gasteiger partial charge in [0.1, 0.15) is 5.75 Å². The lowest BCUT2D eigenvalue weighted by atomic mass is 10.3. The van der Waals surface area contributed by atoms with Crippen LogP contribution >= 0.6 is 0 Å². The third-order valence-corrected chi connectivity index (χ3v) is 4.71. The number of benzene rings is 1. The largest absolute Gasteiger partial charge is 0.491 e. The Morgan fingerprint density at radius 2 is 1.97 bits per heavy atom. The number of likely N-dealkylation sites (tertiary alicyclic amines) is 1. The Morgan fingerprint density at radius 3 is 2.65 bits per heavy atom. The van der Waals surface area contributed by atoms with Crippen LogP contribution in [0.3, 0.4) is 0 Å². The minimum absolute atomic E-state index is 0.145. The number of carbonyl (C=O) groups is 1. The van der Waals surface area contributed by atoms with E-state index in [1.165, 1.54) is 0 Å². The van der Waals surface area contributed by atoms with E-state index in [4.69, 9.17) is 14.2 Å². The molecule has 8 nitrogen and oxygen atoms in total. The highest BCUT2D eigenvalue weighted by atomic mass is 16.5. The molecule has 1 aromatic carbocycles. The standard InChI is InChI=1S/C23H38N4O4/c1-19(2)31-21-10-8-20(9-11-21)26-23(25-13-6-16-30-18-17-29-3)24-12-5-15-27-14-4-7-22(27)28/h8-11,19H,4-7,12-18H2,1-3H3,(H2,24,25,26). The summed E-state index contributed by atoms with van der Waals surface area (Å²) in [6.45, 7) is 8.94. The van der Waals surface area contributed by atoms with Crippen molar-refractivity contribution < 1.29 is 19.0 Å². The normalized spacial score (nSPS) is 14.4. The molecule has 8 heteroatoms. The van der Waals surface area contributed by atoms with E-state index in [1.807, 2.05) is 43.0 Å². The van der Waals surface area contributed by atoms with Crippen LogP contribution in [0.25, 0.3) is 0 Å². The number of anilines is 1. The van der Waals surface area contributed by atoms with E-state index in [1.54, 1.807) is 7.11 Å². The van der Waals surface area contributed by atoms with E-state index in [0.717, 1.165) is 56.3 Å². The summed E-state index contributed by atoms with van der Waals surface area (Å²) in [5, 5.41) is 6.71. The van der Waals surface area contributed by atoms with Gasteiger partial charge in [-0.3, -0.25) is 9.79 Å². The van der Waals surface area contributed by atoms with Gasteiger partial charge in [0, 0.05) is 52.0 Å². The first-order valence-electron chi connectivity index (χ1n) is 11.2. The van der Waals surface area contributed by atoms with Gasteiger partial charge in [0.05, 0.1) is 19.3 Å². The van der Waals surface area contributed by atoms with Crippen molar-refractivity contribution in [3.05, 3.63) is 24.3 Å². The van der Waals surface area contributed by atoms with Crippen molar-refractivity contribution in [1.82, 2.24) is 10.2 Å². The Hall–Kier alpha value is -2.32. The molecule has 0 radical (unpaired) electrons. The molecule has 1 fully saturated rings. The predicted molar refractivity (Wildman–Crippen MR) is 124 cm³/mol. The van der Waals surface area contributed by atoms with Crippen LogP contribution in [0.2, 0.25) is 0 Å². The molecule has 0 aliphatic carbocycles. The van der Waals surface area contributed by atoms with E-state index >= 15 is 0 Å². The second-order valence-electron chi connectivity index (χ2n) is 7.77. The van der Waals surface area contributed by atoms with Crippen LogP contribution in [-0.4, -0.2) is 76.0 Å². The highest BCUT2D eigenvalue weighted by Gasteiger charge is 2.18. The molecule has 0 saturated carbocycles. The topological polar surface area (TPSA) is 84.4 Å². The molecule has 1 aliphatic heterocycles. The zero-order chi connectivity index (χ0) is 22.3. The molecular weight excluding hydrogens is 396 g/mol. The first kappa shape index (κ1) is 24.9. The lowest BCUT2D eigenvalue weighted by molar-refractivity contribution is -0.127. The van der Waals surface area contributed by atoms with Gasteiger partial charge in [-0.05, 0) is 57.4 Å². The van der Waals surface area contributed by atoms with Gasteiger partial charge in [-0.2, -0.15) is 0 Å². The van der Waals surface area contributed by atoms with Crippen LogP contribution in [0, 0.1) is 0 Å². The number of amides is 1. The maximum absolute atomic E-state index is 11.7. The number of nitrogens with one attached hydrogen (secondary N) is 2. The monoisotopic (exact) mass is 434 g/mol. The minimum Gasteiger partial charge on any atom is -0.491 e. The van der Waals surface area contributed by atoms with Crippen molar-refractivity contribution in [2.75, 3.05) is 58.4 Å². The zero-order valence-corrected chi connectivity index (χ0v) is 19.2. The van der Waals surface area contributed by atoms with E-state index < -0.39 is 0 Å². The van der Waals surface area contributed by atoms with E-state index in [2.05, 4.69) is 15.6 Å². The number of ether oxygens (including phenoxy) is 3. The van der Waals surface area contributed by atoms with Crippen LogP contribution in [0.15, 0.2) is 29.3 Å². The Kier molecular flexibility index (Phi) is 11.8. The van der Waals surface area contributed by atoms with Crippen molar-refractivity contribution in [2.24, 2.45) is 4.99 Å². The number of guanidine groups is 1. The summed E-state index contributed by atoms with van der Waals surface area (Å²) in [4.78, 5) is 18.4. The molecule has 1 amide bonds. The van der Waals surface area contributed by atoms with Gasteiger partial charge in [-0.25, -0.2) is 0 Å². The van der Waals surface area contributed by atoms with Gasteiger partial charge in [0.2, 0.25) is 5.91 Å². The summed E-state index contributed by atoms with van der Waals surface area (Å²) >= 11 is 0. The highest BCUT2D eigenvalue weighted by Crippen LogP contribution is 2.17. The van der Waals surface area contributed by atoms with Crippen molar-refractivity contribution in [1.29, 1.82) is 0 Å². The molecule has 31 heavy (non-hydrogen) atoms. The van der Waals surface area contributed by atoms with E-state index in [0.29, 0.717) is 32.8 Å². The number of rotatable bonds is 14. The summed E-state index contributed by atoms with van der Waals surface area (Å²) in [6, 6.07) is 7.85. The molecular formula is C23H38N4O4. The second-order valence-corrected chi connectivity index (χ2v) is 7.77. The lowest BCUT2D eigenvalue weighted by Gasteiger charge is -2.16. The molecule has 1 aliphatic rings. The first-order valence-corrected chi connectivity index (χ1v) is 11.2. The van der Waals surface area contributed by atoms with Gasteiger partial charge in [0.25, 0.3) is 0 Å². The minimum atomic E-state index is 0.145. The summed E-state index contributed by atoms with van der Waals surface area (Å²) < 4.78 is 16.2. The molecule has 2 rings (SSSR count). The van der Waals surface area contributed by atoms with Crippen LogP contribution in [0.4, 0.5) is 5.69 Å². The third-order valence-electron chi connectivity index (χ3n) is 4.71. The number of methoxy groups -OCH3 is 1. The number of carbonyl (C=O) groups excluding carboxylic acids is 1.